The van der Waals surface area contributed by atoms with Gasteiger partial charge in [0.1, 0.15) is 5.75 Å². The quantitative estimate of drug-likeness (QED) is 0.783. The van der Waals surface area contributed by atoms with E-state index in [2.05, 4.69) is 5.32 Å². The van der Waals surface area contributed by atoms with Crippen molar-refractivity contribution >= 4 is 23.3 Å². The summed E-state index contributed by atoms with van der Waals surface area (Å²) < 4.78 is 10.6. The van der Waals surface area contributed by atoms with Crippen LogP contribution in [-0.4, -0.2) is 38.1 Å². The van der Waals surface area contributed by atoms with E-state index in [1.54, 1.807) is 18.2 Å². The predicted octanol–water partition coefficient (Wildman–Crippen LogP) is 2.61. The molecule has 0 bridgehead atoms. The highest BCUT2D eigenvalue weighted by atomic mass is 35.5. The highest BCUT2D eigenvalue weighted by Gasteiger charge is 2.17. The molecule has 0 radical (unpaired) electrons. The standard InChI is InChI=1S/C16H20ClNO4/c1-21-15-6-4-11(17)9-13(15)14(19)5-7-16(20)18-10-12-3-2-8-22-12/h4,6,9,12H,2-3,5,7-8,10H2,1H3,(H,18,20). The van der Waals surface area contributed by atoms with Crippen molar-refractivity contribution in [1.82, 2.24) is 5.32 Å². The Balaban J connectivity index is 1.81. The minimum Gasteiger partial charge on any atom is -0.496 e. The van der Waals surface area contributed by atoms with Crippen LogP contribution in [0.3, 0.4) is 0 Å². The zero-order chi connectivity index (χ0) is 15.9. The molecular formula is C16H20ClNO4. The Kier molecular flexibility index (Phi) is 6.21. The van der Waals surface area contributed by atoms with Gasteiger partial charge in [-0.25, -0.2) is 0 Å². The van der Waals surface area contributed by atoms with Crippen LogP contribution in [0.5, 0.6) is 5.75 Å². The highest BCUT2D eigenvalue weighted by molar-refractivity contribution is 6.31. The second-order valence-corrected chi connectivity index (χ2v) is 5.64. The molecule has 1 aliphatic heterocycles. The van der Waals surface area contributed by atoms with Crippen LogP contribution in [0.4, 0.5) is 0 Å². The first-order valence-corrected chi connectivity index (χ1v) is 7.73. The summed E-state index contributed by atoms with van der Waals surface area (Å²) in [7, 11) is 1.49. The van der Waals surface area contributed by atoms with Crippen LogP contribution in [0, 0.1) is 0 Å². The number of amides is 1. The van der Waals surface area contributed by atoms with Gasteiger partial charge in [0.15, 0.2) is 5.78 Å². The number of benzene rings is 1. The van der Waals surface area contributed by atoms with Crippen molar-refractivity contribution in [3.05, 3.63) is 28.8 Å². The summed E-state index contributed by atoms with van der Waals surface area (Å²) in [6.07, 6.45) is 2.37. The molecule has 1 aromatic carbocycles. The minimum absolute atomic E-state index is 0.104. The third-order valence-corrected chi connectivity index (χ3v) is 3.83. The molecule has 1 unspecified atom stereocenters. The summed E-state index contributed by atoms with van der Waals surface area (Å²) in [5.41, 5.74) is 0.405. The summed E-state index contributed by atoms with van der Waals surface area (Å²) in [5, 5.41) is 3.26. The molecule has 1 atom stereocenters. The Bertz CT molecular complexity index is 541. The number of Topliss-reactive ketones (excluding diaryl/α,β-unsaturated/α-hetero) is 1. The van der Waals surface area contributed by atoms with E-state index in [1.807, 2.05) is 0 Å². The maximum Gasteiger partial charge on any atom is 0.220 e. The van der Waals surface area contributed by atoms with Gasteiger partial charge in [0.25, 0.3) is 0 Å². The van der Waals surface area contributed by atoms with Crippen molar-refractivity contribution in [2.45, 2.75) is 31.8 Å². The van der Waals surface area contributed by atoms with Gasteiger partial charge in [-0.3, -0.25) is 9.59 Å². The summed E-state index contributed by atoms with van der Waals surface area (Å²) in [6.45, 7) is 1.26. The minimum atomic E-state index is -0.161. The molecule has 1 aliphatic rings. The van der Waals surface area contributed by atoms with Gasteiger partial charge in [0.05, 0.1) is 18.8 Å². The number of carbonyl (C=O) groups is 2. The maximum atomic E-state index is 12.2. The third kappa shape index (κ3) is 4.71. The van der Waals surface area contributed by atoms with Crippen LogP contribution in [0.15, 0.2) is 18.2 Å². The van der Waals surface area contributed by atoms with Crippen LogP contribution in [0.1, 0.15) is 36.0 Å². The number of nitrogens with one attached hydrogen (secondary N) is 1. The van der Waals surface area contributed by atoms with E-state index in [0.717, 1.165) is 19.4 Å². The number of hydrogen-bond donors (Lipinski definition) is 1. The van der Waals surface area contributed by atoms with E-state index in [9.17, 15) is 9.59 Å². The number of ether oxygens (including phenoxy) is 2. The van der Waals surface area contributed by atoms with Crippen LogP contribution >= 0.6 is 11.6 Å². The molecule has 0 spiro atoms. The summed E-state index contributed by atoms with van der Waals surface area (Å²) >= 11 is 5.90. The molecular weight excluding hydrogens is 306 g/mol. The molecule has 0 aliphatic carbocycles. The van der Waals surface area contributed by atoms with Gasteiger partial charge in [-0.1, -0.05) is 11.6 Å². The zero-order valence-electron chi connectivity index (χ0n) is 12.6. The molecule has 22 heavy (non-hydrogen) atoms. The lowest BCUT2D eigenvalue weighted by molar-refractivity contribution is -0.121. The fraction of sp³-hybridized carbons (Fsp3) is 0.500. The molecule has 0 saturated carbocycles. The van der Waals surface area contributed by atoms with Gasteiger partial charge < -0.3 is 14.8 Å². The van der Waals surface area contributed by atoms with Crippen molar-refractivity contribution < 1.29 is 19.1 Å². The lowest BCUT2D eigenvalue weighted by atomic mass is 10.1. The average molecular weight is 326 g/mol. The van der Waals surface area contributed by atoms with Gasteiger partial charge in [0.2, 0.25) is 5.91 Å². The SMILES string of the molecule is COc1ccc(Cl)cc1C(=O)CCC(=O)NCC1CCCO1. The van der Waals surface area contributed by atoms with Crippen molar-refractivity contribution in [3.8, 4) is 5.75 Å². The molecule has 120 valence electrons. The molecule has 5 nitrogen and oxygen atoms in total. The highest BCUT2D eigenvalue weighted by Crippen LogP contribution is 2.24. The fourth-order valence-corrected chi connectivity index (χ4v) is 2.55. The lowest BCUT2D eigenvalue weighted by Gasteiger charge is -2.11. The molecule has 1 N–H and O–H groups in total. The average Bonchev–Trinajstić information content (AvgIpc) is 3.04. The largest absolute Gasteiger partial charge is 0.496 e. The Labute approximate surface area is 134 Å². The fourth-order valence-electron chi connectivity index (χ4n) is 2.38. The van der Waals surface area contributed by atoms with Gasteiger partial charge in [-0.15, -0.1) is 0 Å². The van der Waals surface area contributed by atoms with Crippen LogP contribution in [-0.2, 0) is 9.53 Å². The number of rotatable bonds is 7. The van der Waals surface area contributed by atoms with Crippen molar-refractivity contribution in [2.24, 2.45) is 0 Å². The van der Waals surface area contributed by atoms with E-state index in [-0.39, 0.29) is 30.6 Å². The van der Waals surface area contributed by atoms with Gasteiger partial charge in [-0.2, -0.15) is 0 Å². The molecule has 1 fully saturated rings. The molecule has 1 saturated heterocycles. The molecule has 2 rings (SSSR count). The Morgan fingerprint density at radius 2 is 2.23 bits per heavy atom. The van der Waals surface area contributed by atoms with Gasteiger partial charge in [-0.05, 0) is 31.0 Å². The normalized spacial score (nSPS) is 17.3. The van der Waals surface area contributed by atoms with E-state index in [0.29, 0.717) is 22.9 Å². The number of methoxy groups -OCH3 is 1. The van der Waals surface area contributed by atoms with E-state index < -0.39 is 0 Å². The van der Waals surface area contributed by atoms with Crippen molar-refractivity contribution in [2.75, 3.05) is 20.3 Å². The zero-order valence-corrected chi connectivity index (χ0v) is 13.3. The summed E-state index contributed by atoms with van der Waals surface area (Å²) in [4.78, 5) is 24.0. The summed E-state index contributed by atoms with van der Waals surface area (Å²) in [6, 6.07) is 4.87. The van der Waals surface area contributed by atoms with Crippen LogP contribution in [0.2, 0.25) is 5.02 Å². The number of carbonyl (C=O) groups excluding carboxylic acids is 2. The first kappa shape index (κ1) is 16.8. The molecule has 1 amide bonds. The first-order valence-electron chi connectivity index (χ1n) is 7.35. The molecule has 1 aromatic rings. The van der Waals surface area contributed by atoms with E-state index in [4.69, 9.17) is 21.1 Å². The predicted molar refractivity (Wildman–Crippen MR) is 83.6 cm³/mol. The van der Waals surface area contributed by atoms with Crippen LogP contribution in [0.25, 0.3) is 0 Å². The third-order valence-electron chi connectivity index (χ3n) is 3.59. The first-order chi connectivity index (χ1) is 10.6. The van der Waals surface area contributed by atoms with E-state index >= 15 is 0 Å². The summed E-state index contributed by atoms with van der Waals surface area (Å²) in [5.74, 6) is 0.158. The Hall–Kier alpha value is -1.59. The van der Waals surface area contributed by atoms with Crippen molar-refractivity contribution in [1.29, 1.82) is 0 Å². The maximum absolute atomic E-state index is 12.2. The molecule has 6 heteroatoms. The second kappa shape index (κ2) is 8.15. The Morgan fingerprint density at radius 3 is 2.91 bits per heavy atom. The monoisotopic (exact) mass is 325 g/mol. The molecule has 0 aromatic heterocycles. The van der Waals surface area contributed by atoms with E-state index in [1.165, 1.54) is 7.11 Å². The number of hydrogen-bond acceptors (Lipinski definition) is 4. The Morgan fingerprint density at radius 1 is 1.41 bits per heavy atom. The van der Waals surface area contributed by atoms with Gasteiger partial charge >= 0.3 is 0 Å². The second-order valence-electron chi connectivity index (χ2n) is 5.21. The van der Waals surface area contributed by atoms with Gasteiger partial charge in [0, 0.05) is 31.0 Å². The topological polar surface area (TPSA) is 64.6 Å². The van der Waals surface area contributed by atoms with Crippen molar-refractivity contribution in [3.63, 3.8) is 0 Å². The lowest BCUT2D eigenvalue weighted by Crippen LogP contribution is -2.31. The van der Waals surface area contributed by atoms with Crippen LogP contribution < -0.4 is 10.1 Å². The number of halogens is 1. The molecule has 1 heterocycles. The number of ketones is 1. The smallest absolute Gasteiger partial charge is 0.220 e.